The summed E-state index contributed by atoms with van der Waals surface area (Å²) in [5.41, 5.74) is -0.180. The Morgan fingerprint density at radius 1 is 1.36 bits per heavy atom. The molecule has 1 aliphatic carbocycles. The van der Waals surface area contributed by atoms with Crippen molar-refractivity contribution < 1.29 is 14.3 Å². The van der Waals surface area contributed by atoms with Crippen LogP contribution in [0.15, 0.2) is 18.7 Å². The first-order valence-electron chi connectivity index (χ1n) is 7.64. The summed E-state index contributed by atoms with van der Waals surface area (Å²) >= 11 is 0. The summed E-state index contributed by atoms with van der Waals surface area (Å²) in [7, 11) is 1.36. The highest BCUT2D eigenvalue weighted by atomic mass is 16.5. The van der Waals surface area contributed by atoms with Crippen molar-refractivity contribution in [3.05, 3.63) is 24.3 Å². The molecule has 1 aliphatic rings. The van der Waals surface area contributed by atoms with E-state index in [-0.39, 0.29) is 18.3 Å². The van der Waals surface area contributed by atoms with Gasteiger partial charge in [-0.2, -0.15) is 0 Å². The molecule has 1 saturated carbocycles. The minimum Gasteiger partial charge on any atom is -0.467 e. The number of hydrogen-bond acceptors (Lipinski definition) is 5. The maximum Gasteiger partial charge on any atom is 0.331 e. The molecule has 120 valence electrons. The Labute approximate surface area is 130 Å². The number of rotatable bonds is 7. The number of carbonyl (C=O) groups is 2. The minimum absolute atomic E-state index is 0.0866. The van der Waals surface area contributed by atoms with Crippen LogP contribution in [-0.2, 0) is 20.7 Å². The molecule has 0 radical (unpaired) electrons. The van der Waals surface area contributed by atoms with Gasteiger partial charge in [0.25, 0.3) is 0 Å². The van der Waals surface area contributed by atoms with Gasteiger partial charge in [0.1, 0.15) is 11.9 Å². The van der Waals surface area contributed by atoms with Crippen LogP contribution in [0, 0.1) is 5.92 Å². The van der Waals surface area contributed by atoms with Gasteiger partial charge in [0.05, 0.1) is 13.5 Å². The maximum atomic E-state index is 12.8. The van der Waals surface area contributed by atoms with E-state index in [9.17, 15) is 9.59 Å². The first kappa shape index (κ1) is 16.4. The van der Waals surface area contributed by atoms with Crippen LogP contribution < -0.4 is 0 Å². The maximum absolute atomic E-state index is 12.8. The third-order valence-electron chi connectivity index (χ3n) is 4.32. The molecule has 6 nitrogen and oxygen atoms in total. The quantitative estimate of drug-likeness (QED) is 0.715. The molecule has 1 fully saturated rings. The van der Waals surface area contributed by atoms with E-state index in [0.717, 1.165) is 18.4 Å². The standard InChI is InChI=1S/C16H23N3O3/c1-4-16(2,15(21)22-3)19(10-12-5-6-12)14(20)7-13-8-17-11-18-9-13/h8-9,11-12H,4-7,10H2,1-3H3. The fourth-order valence-corrected chi connectivity index (χ4v) is 2.49. The van der Waals surface area contributed by atoms with Gasteiger partial charge in [-0.25, -0.2) is 14.8 Å². The van der Waals surface area contributed by atoms with Crippen LogP contribution in [0.25, 0.3) is 0 Å². The molecule has 6 heteroatoms. The lowest BCUT2D eigenvalue weighted by Gasteiger charge is -2.38. The van der Waals surface area contributed by atoms with Gasteiger partial charge in [-0.15, -0.1) is 0 Å². The lowest BCUT2D eigenvalue weighted by atomic mass is 9.95. The van der Waals surface area contributed by atoms with Gasteiger partial charge in [-0.3, -0.25) is 4.79 Å². The molecule has 0 aromatic carbocycles. The number of amides is 1. The number of carbonyl (C=O) groups excluding carboxylic acids is 2. The second-order valence-electron chi connectivity index (χ2n) is 5.99. The highest BCUT2D eigenvalue weighted by molar-refractivity contribution is 5.88. The molecule has 1 aromatic rings. The predicted octanol–water partition coefficient (Wildman–Crippen LogP) is 1.60. The van der Waals surface area contributed by atoms with Gasteiger partial charge in [0.15, 0.2) is 0 Å². The zero-order valence-electron chi connectivity index (χ0n) is 13.4. The van der Waals surface area contributed by atoms with E-state index in [2.05, 4.69) is 9.97 Å². The van der Waals surface area contributed by atoms with Gasteiger partial charge in [-0.1, -0.05) is 6.92 Å². The van der Waals surface area contributed by atoms with Gasteiger partial charge in [-0.05, 0) is 37.7 Å². The molecule has 1 atom stereocenters. The highest BCUT2D eigenvalue weighted by Gasteiger charge is 2.43. The largest absolute Gasteiger partial charge is 0.467 e. The van der Waals surface area contributed by atoms with Crippen molar-refractivity contribution >= 4 is 11.9 Å². The molecular weight excluding hydrogens is 282 g/mol. The molecule has 1 aromatic heterocycles. The third kappa shape index (κ3) is 3.61. The topological polar surface area (TPSA) is 72.4 Å². The van der Waals surface area contributed by atoms with E-state index < -0.39 is 5.54 Å². The number of methoxy groups -OCH3 is 1. The van der Waals surface area contributed by atoms with E-state index >= 15 is 0 Å². The zero-order valence-corrected chi connectivity index (χ0v) is 13.4. The SMILES string of the molecule is CCC(C)(C(=O)OC)N(CC1CC1)C(=O)Cc1cncnc1. The van der Waals surface area contributed by atoms with Crippen LogP contribution in [0.3, 0.4) is 0 Å². The summed E-state index contributed by atoms with van der Waals surface area (Å²) in [6.45, 7) is 4.28. The van der Waals surface area contributed by atoms with Crippen LogP contribution in [-0.4, -0.2) is 45.9 Å². The van der Waals surface area contributed by atoms with Crippen LogP contribution in [0.1, 0.15) is 38.7 Å². The van der Waals surface area contributed by atoms with Crippen molar-refractivity contribution in [1.29, 1.82) is 0 Å². The second kappa shape index (κ2) is 6.85. The molecule has 0 bridgehead atoms. The zero-order chi connectivity index (χ0) is 16.2. The number of hydrogen-bond donors (Lipinski definition) is 0. The van der Waals surface area contributed by atoms with Crippen LogP contribution >= 0.6 is 0 Å². The lowest BCUT2D eigenvalue weighted by Crippen LogP contribution is -2.56. The first-order chi connectivity index (χ1) is 10.5. The normalized spacial score (nSPS) is 16.7. The summed E-state index contributed by atoms with van der Waals surface area (Å²) < 4.78 is 4.93. The van der Waals surface area contributed by atoms with Crippen molar-refractivity contribution in [3.63, 3.8) is 0 Å². The van der Waals surface area contributed by atoms with E-state index in [0.29, 0.717) is 18.9 Å². The Morgan fingerprint density at radius 3 is 2.50 bits per heavy atom. The van der Waals surface area contributed by atoms with Gasteiger partial charge < -0.3 is 9.64 Å². The third-order valence-corrected chi connectivity index (χ3v) is 4.32. The van der Waals surface area contributed by atoms with E-state index in [1.807, 2.05) is 6.92 Å². The minimum atomic E-state index is -0.927. The van der Waals surface area contributed by atoms with Crippen LogP contribution in [0.2, 0.25) is 0 Å². The molecule has 1 amide bonds. The summed E-state index contributed by atoms with van der Waals surface area (Å²) in [5.74, 6) is 0.0382. The molecule has 0 saturated heterocycles. The monoisotopic (exact) mass is 305 g/mol. The molecule has 2 rings (SSSR count). The Kier molecular flexibility index (Phi) is 5.11. The molecule has 1 unspecified atom stereocenters. The number of nitrogens with zero attached hydrogens (tertiary/aromatic N) is 3. The first-order valence-corrected chi connectivity index (χ1v) is 7.64. The summed E-state index contributed by atoms with van der Waals surface area (Å²) in [5, 5.41) is 0. The number of esters is 1. The molecular formula is C16H23N3O3. The van der Waals surface area contributed by atoms with Crippen molar-refractivity contribution in [2.24, 2.45) is 5.92 Å². The Balaban J connectivity index is 2.20. The Morgan fingerprint density at radius 2 is 2.00 bits per heavy atom. The van der Waals surface area contributed by atoms with Crippen LogP contribution in [0.4, 0.5) is 0 Å². The summed E-state index contributed by atoms with van der Waals surface area (Å²) in [6.07, 6.45) is 7.62. The van der Waals surface area contributed by atoms with Crippen LogP contribution in [0.5, 0.6) is 0 Å². The van der Waals surface area contributed by atoms with E-state index in [4.69, 9.17) is 4.74 Å². The lowest BCUT2D eigenvalue weighted by molar-refractivity contribution is -0.161. The molecule has 0 aliphatic heterocycles. The Bertz CT molecular complexity index is 531. The molecule has 22 heavy (non-hydrogen) atoms. The molecule has 0 spiro atoms. The van der Waals surface area contributed by atoms with Crippen molar-refractivity contribution in [3.8, 4) is 0 Å². The fraction of sp³-hybridized carbons (Fsp3) is 0.625. The Hall–Kier alpha value is -1.98. The smallest absolute Gasteiger partial charge is 0.331 e. The van der Waals surface area contributed by atoms with Gasteiger partial charge >= 0.3 is 5.97 Å². The van der Waals surface area contributed by atoms with Crippen molar-refractivity contribution in [2.75, 3.05) is 13.7 Å². The summed E-state index contributed by atoms with van der Waals surface area (Å²) in [6, 6.07) is 0. The van der Waals surface area contributed by atoms with Gasteiger partial charge in [0, 0.05) is 18.9 Å². The average molecular weight is 305 g/mol. The van der Waals surface area contributed by atoms with E-state index in [1.165, 1.54) is 13.4 Å². The van der Waals surface area contributed by atoms with Gasteiger partial charge in [0.2, 0.25) is 5.91 Å². The van der Waals surface area contributed by atoms with E-state index in [1.54, 1.807) is 24.2 Å². The van der Waals surface area contributed by atoms with Crippen molar-refractivity contribution in [2.45, 2.75) is 45.1 Å². The number of ether oxygens (including phenoxy) is 1. The molecule has 1 heterocycles. The highest BCUT2D eigenvalue weighted by Crippen LogP contribution is 2.33. The van der Waals surface area contributed by atoms with Crippen molar-refractivity contribution in [1.82, 2.24) is 14.9 Å². The molecule has 0 N–H and O–H groups in total. The predicted molar refractivity (Wildman–Crippen MR) is 80.9 cm³/mol. The fourth-order valence-electron chi connectivity index (χ4n) is 2.49. The number of aromatic nitrogens is 2. The second-order valence-corrected chi connectivity index (χ2v) is 5.99. The summed E-state index contributed by atoms with van der Waals surface area (Å²) in [4.78, 5) is 34.5. The average Bonchev–Trinajstić information content (AvgIpc) is 3.36.